The lowest BCUT2D eigenvalue weighted by Gasteiger charge is -2.35. The van der Waals surface area contributed by atoms with Gasteiger partial charge in [-0.2, -0.15) is 21.9 Å². The van der Waals surface area contributed by atoms with Crippen LogP contribution in [0.4, 0.5) is 23.2 Å². The summed E-state index contributed by atoms with van der Waals surface area (Å²) < 4.78 is 86.1. The molecule has 0 atom stereocenters. The lowest BCUT2D eigenvalue weighted by Crippen LogP contribution is -2.50. The molecular weight excluding hydrogens is 444 g/mol. The largest absolute Gasteiger partial charge is 0.461 e. The molecule has 0 aliphatic carbocycles. The van der Waals surface area contributed by atoms with Gasteiger partial charge in [-0.1, -0.05) is 0 Å². The fourth-order valence-electron chi connectivity index (χ4n) is 3.56. The Morgan fingerprint density at radius 3 is 2.23 bits per heavy atom. The molecule has 0 amide bonds. The number of anilines is 1. The number of alkyl halides is 4. The van der Waals surface area contributed by atoms with Crippen LogP contribution in [0.5, 0.6) is 5.75 Å². The zero-order valence-electron chi connectivity index (χ0n) is 16.7. The van der Waals surface area contributed by atoms with E-state index < -0.39 is 34.1 Å². The van der Waals surface area contributed by atoms with Gasteiger partial charge in [-0.3, -0.25) is 4.79 Å². The van der Waals surface area contributed by atoms with Crippen LogP contribution >= 0.6 is 0 Å². The number of benzene rings is 1. The quantitative estimate of drug-likeness (QED) is 0.546. The van der Waals surface area contributed by atoms with Crippen molar-refractivity contribution in [3.05, 3.63) is 24.3 Å². The Morgan fingerprint density at radius 1 is 1.10 bits per heavy atom. The van der Waals surface area contributed by atoms with E-state index in [4.69, 9.17) is 4.74 Å². The maximum Gasteiger partial charge on any atom is 0.461 e. The normalized spacial score (nSPS) is 19.6. The molecule has 0 spiro atoms. The molecule has 12 heteroatoms. The van der Waals surface area contributed by atoms with Gasteiger partial charge < -0.3 is 14.4 Å². The SMILES string of the molecule is O=C(CS(=O)(=O)N1CCN(c2ccc(OC(F)(F)C(F)F)cc2)CC1)C1CCOCC1. The van der Waals surface area contributed by atoms with Crippen LogP contribution in [0.15, 0.2) is 24.3 Å². The predicted octanol–water partition coefficient (Wildman–Crippen LogP) is 2.37. The van der Waals surface area contributed by atoms with Gasteiger partial charge in [-0.05, 0) is 37.1 Å². The van der Waals surface area contributed by atoms with E-state index in [1.807, 2.05) is 4.90 Å². The Hall–Kier alpha value is -1.92. The zero-order chi connectivity index (χ0) is 22.6. The van der Waals surface area contributed by atoms with Crippen LogP contribution < -0.4 is 9.64 Å². The van der Waals surface area contributed by atoms with Crippen molar-refractivity contribution in [2.75, 3.05) is 50.0 Å². The highest BCUT2D eigenvalue weighted by Crippen LogP contribution is 2.29. The smallest absolute Gasteiger partial charge is 0.428 e. The molecule has 0 N–H and O–H groups in total. The molecule has 0 saturated carbocycles. The topological polar surface area (TPSA) is 76.2 Å². The minimum Gasteiger partial charge on any atom is -0.428 e. The molecule has 31 heavy (non-hydrogen) atoms. The van der Waals surface area contributed by atoms with E-state index in [0.717, 1.165) is 12.1 Å². The molecule has 2 aliphatic rings. The molecular formula is C19H24F4N2O5S. The summed E-state index contributed by atoms with van der Waals surface area (Å²) in [7, 11) is -3.73. The molecule has 3 rings (SSSR count). The molecule has 2 fully saturated rings. The van der Waals surface area contributed by atoms with Crippen molar-refractivity contribution in [2.24, 2.45) is 5.92 Å². The predicted molar refractivity (Wildman–Crippen MR) is 104 cm³/mol. The van der Waals surface area contributed by atoms with Crippen molar-refractivity contribution in [3.8, 4) is 5.75 Å². The summed E-state index contributed by atoms with van der Waals surface area (Å²) >= 11 is 0. The van der Waals surface area contributed by atoms with Gasteiger partial charge in [0.15, 0.2) is 5.78 Å². The number of hydrogen-bond acceptors (Lipinski definition) is 6. The summed E-state index contributed by atoms with van der Waals surface area (Å²) in [6.45, 7) is 1.92. The van der Waals surface area contributed by atoms with Gasteiger partial charge >= 0.3 is 12.5 Å². The lowest BCUT2D eigenvalue weighted by molar-refractivity contribution is -0.253. The van der Waals surface area contributed by atoms with Crippen LogP contribution in [0.25, 0.3) is 0 Å². The number of ketones is 1. The van der Waals surface area contributed by atoms with Crippen LogP contribution in [0.2, 0.25) is 0 Å². The summed E-state index contributed by atoms with van der Waals surface area (Å²) in [6.07, 6.45) is -7.46. The molecule has 2 saturated heterocycles. The van der Waals surface area contributed by atoms with Crippen LogP contribution in [0, 0.1) is 5.92 Å². The van der Waals surface area contributed by atoms with Crippen molar-refractivity contribution in [2.45, 2.75) is 25.4 Å². The van der Waals surface area contributed by atoms with E-state index in [1.54, 1.807) is 0 Å². The molecule has 2 aliphatic heterocycles. The number of halogens is 4. The second-order valence-electron chi connectivity index (χ2n) is 7.45. The number of rotatable bonds is 8. The maximum absolute atomic E-state index is 13.0. The minimum absolute atomic E-state index is 0.172. The summed E-state index contributed by atoms with van der Waals surface area (Å²) in [5.41, 5.74) is 0.614. The van der Waals surface area contributed by atoms with Crippen molar-refractivity contribution in [1.82, 2.24) is 4.31 Å². The zero-order valence-corrected chi connectivity index (χ0v) is 17.5. The van der Waals surface area contributed by atoms with Crippen molar-refractivity contribution in [3.63, 3.8) is 0 Å². The first-order chi connectivity index (χ1) is 14.6. The monoisotopic (exact) mass is 468 g/mol. The number of piperazine rings is 1. The van der Waals surface area contributed by atoms with Gasteiger partial charge in [0.25, 0.3) is 0 Å². The summed E-state index contributed by atoms with van der Waals surface area (Å²) in [6, 6.07) is 5.19. The van der Waals surface area contributed by atoms with Gasteiger partial charge in [0.1, 0.15) is 11.5 Å². The number of Topliss-reactive ketones (excluding diaryl/α,β-unsaturated/α-hetero) is 1. The standard InChI is InChI=1S/C19H24F4N2O5S/c20-18(21)19(22,23)30-16-3-1-15(2-4-16)24-7-9-25(10-8-24)31(27,28)13-17(26)14-5-11-29-12-6-14/h1-4,14,18H,5-13H2. The Kier molecular flexibility index (Phi) is 7.43. The number of carbonyl (C=O) groups is 1. The minimum atomic E-state index is -4.58. The third-order valence-corrected chi connectivity index (χ3v) is 7.14. The molecule has 0 aromatic heterocycles. The van der Waals surface area contributed by atoms with E-state index in [2.05, 4.69) is 4.74 Å². The molecule has 0 unspecified atom stereocenters. The second kappa shape index (κ2) is 9.70. The summed E-state index contributed by atoms with van der Waals surface area (Å²) in [5, 5.41) is 0. The lowest BCUT2D eigenvalue weighted by atomic mass is 9.96. The Morgan fingerprint density at radius 2 is 1.68 bits per heavy atom. The van der Waals surface area contributed by atoms with Gasteiger partial charge in [-0.25, -0.2) is 8.42 Å². The Labute approximate surface area is 177 Å². The highest BCUT2D eigenvalue weighted by molar-refractivity contribution is 7.89. The van der Waals surface area contributed by atoms with Gasteiger partial charge in [-0.15, -0.1) is 0 Å². The Bertz CT molecular complexity index is 853. The fourth-order valence-corrected chi connectivity index (χ4v) is 5.06. The average molecular weight is 468 g/mol. The third kappa shape index (κ3) is 6.07. The number of nitrogens with zero attached hydrogens (tertiary/aromatic N) is 2. The maximum atomic E-state index is 13.0. The first-order valence-corrected chi connectivity index (χ1v) is 11.5. The van der Waals surface area contributed by atoms with Crippen LogP contribution in [0.1, 0.15) is 12.8 Å². The number of ether oxygens (including phenoxy) is 2. The third-order valence-electron chi connectivity index (χ3n) is 5.34. The molecule has 0 bridgehead atoms. The highest BCUT2D eigenvalue weighted by Gasteiger charge is 2.44. The Balaban J connectivity index is 1.53. The highest BCUT2D eigenvalue weighted by atomic mass is 32.2. The molecule has 1 aromatic rings. The molecule has 174 valence electrons. The van der Waals surface area contributed by atoms with E-state index in [9.17, 15) is 30.8 Å². The van der Waals surface area contributed by atoms with E-state index >= 15 is 0 Å². The number of hydrogen-bond donors (Lipinski definition) is 0. The van der Waals surface area contributed by atoms with E-state index in [-0.39, 0.29) is 24.8 Å². The van der Waals surface area contributed by atoms with E-state index in [0.29, 0.717) is 44.8 Å². The molecule has 2 heterocycles. The van der Waals surface area contributed by atoms with Crippen molar-refractivity contribution in [1.29, 1.82) is 0 Å². The van der Waals surface area contributed by atoms with Crippen molar-refractivity contribution >= 4 is 21.5 Å². The summed E-state index contributed by atoms with van der Waals surface area (Å²) in [5.74, 6) is -1.51. The van der Waals surface area contributed by atoms with Gasteiger partial charge in [0.05, 0.1) is 0 Å². The number of sulfonamides is 1. The molecule has 0 radical (unpaired) electrons. The first kappa shape index (κ1) is 23.7. The van der Waals surface area contributed by atoms with E-state index in [1.165, 1.54) is 16.4 Å². The molecule has 1 aromatic carbocycles. The van der Waals surface area contributed by atoms with Gasteiger partial charge in [0, 0.05) is 51.0 Å². The van der Waals surface area contributed by atoms with Crippen LogP contribution in [-0.4, -0.2) is 76.2 Å². The van der Waals surface area contributed by atoms with Gasteiger partial charge in [0.2, 0.25) is 10.0 Å². The second-order valence-corrected chi connectivity index (χ2v) is 9.42. The number of carbonyl (C=O) groups excluding carboxylic acids is 1. The summed E-state index contributed by atoms with van der Waals surface area (Å²) in [4.78, 5) is 14.2. The first-order valence-electron chi connectivity index (χ1n) is 9.87. The average Bonchev–Trinajstić information content (AvgIpc) is 2.74. The van der Waals surface area contributed by atoms with Crippen molar-refractivity contribution < 1.29 is 40.2 Å². The fraction of sp³-hybridized carbons (Fsp3) is 0.632. The van der Waals surface area contributed by atoms with Crippen LogP contribution in [-0.2, 0) is 19.6 Å². The molecule has 7 nitrogen and oxygen atoms in total. The van der Waals surface area contributed by atoms with Crippen LogP contribution in [0.3, 0.4) is 0 Å².